The molecule has 8 nitrogen and oxygen atoms in total. The van der Waals surface area contributed by atoms with Crippen LogP contribution in [0.4, 0.5) is 0 Å². The molecule has 1 amide bonds. The summed E-state index contributed by atoms with van der Waals surface area (Å²) >= 11 is 0. The smallest absolute Gasteiger partial charge is 0.303 e. The second-order valence-electron chi connectivity index (χ2n) is 11.6. The summed E-state index contributed by atoms with van der Waals surface area (Å²) in [6.07, 6.45) is 0.510. The predicted octanol–water partition coefficient (Wildman–Crippen LogP) is 2.27. The molecule has 5 rings (SSSR count). The Balaban J connectivity index is 1.72. The van der Waals surface area contributed by atoms with Gasteiger partial charge in [-0.1, -0.05) is 55.0 Å². The fraction of sp³-hybridized carbons (Fsp3) is 0.567. The minimum atomic E-state index is -1.82. The highest BCUT2D eigenvalue weighted by molar-refractivity contribution is 5.91. The first-order chi connectivity index (χ1) is 17.9. The van der Waals surface area contributed by atoms with Gasteiger partial charge in [-0.3, -0.25) is 14.4 Å². The number of hydrogen-bond acceptors (Lipinski definition) is 7. The van der Waals surface area contributed by atoms with Gasteiger partial charge in [-0.25, -0.2) is 0 Å². The van der Waals surface area contributed by atoms with E-state index in [-0.39, 0.29) is 17.7 Å². The highest BCUT2D eigenvalue weighted by Crippen LogP contribution is 2.60. The number of carbonyl (C=O) groups is 3. The lowest BCUT2D eigenvalue weighted by Gasteiger charge is -2.50. The van der Waals surface area contributed by atoms with Gasteiger partial charge in [-0.15, -0.1) is 0 Å². The zero-order valence-corrected chi connectivity index (χ0v) is 22.5. The van der Waals surface area contributed by atoms with Gasteiger partial charge in [-0.2, -0.15) is 0 Å². The van der Waals surface area contributed by atoms with Crippen LogP contribution in [0.3, 0.4) is 0 Å². The third kappa shape index (κ3) is 3.96. The molecule has 2 aliphatic heterocycles. The lowest BCUT2D eigenvalue weighted by Crippen LogP contribution is -2.60. The van der Waals surface area contributed by atoms with Crippen LogP contribution in [0, 0.1) is 23.2 Å². The van der Waals surface area contributed by atoms with E-state index in [9.17, 15) is 24.6 Å². The first-order valence-electron chi connectivity index (χ1n) is 13.4. The molecule has 3 N–H and O–H groups in total. The van der Waals surface area contributed by atoms with Gasteiger partial charge >= 0.3 is 5.97 Å². The van der Waals surface area contributed by atoms with Gasteiger partial charge in [0.2, 0.25) is 5.91 Å². The second-order valence-corrected chi connectivity index (χ2v) is 11.6. The topological polar surface area (TPSA) is 125 Å². The zero-order valence-electron chi connectivity index (χ0n) is 22.5. The molecule has 2 aliphatic carbocycles. The van der Waals surface area contributed by atoms with Gasteiger partial charge in [0.15, 0.2) is 5.78 Å². The lowest BCUT2D eigenvalue weighted by atomic mass is 9.53. The van der Waals surface area contributed by atoms with Crippen molar-refractivity contribution in [1.29, 1.82) is 0 Å². The standard InChI is InChI=1S/C30H37NO7/c1-15-10-9-13-20-23(33)17(3)16(2)22-21(14-19-11-7-6-8-12-19)31-28(35)30(20,22)27(37-18(4)32)24-26(38-24)29(5,36)25(15)34/h6-9,11-13,15,20-24,26-27,33,36H,10,14H2,1-5H3,(H,31,35)/t15-,20-,21-,22-,23+,24?,26?,27+,29-,30-/m0/s1. The summed E-state index contributed by atoms with van der Waals surface area (Å²) in [4.78, 5) is 40.0. The number of allylic oxidation sites excluding steroid dienone is 1. The van der Waals surface area contributed by atoms with Crippen LogP contribution < -0.4 is 5.32 Å². The number of aliphatic hydroxyl groups is 2. The molecule has 1 aromatic carbocycles. The largest absolute Gasteiger partial charge is 0.458 e. The third-order valence-corrected chi connectivity index (χ3v) is 9.27. The quantitative estimate of drug-likeness (QED) is 0.315. The molecule has 10 atom stereocenters. The highest BCUT2D eigenvalue weighted by atomic mass is 16.6. The van der Waals surface area contributed by atoms with E-state index < -0.39 is 59.2 Å². The Bertz CT molecular complexity index is 1200. The molecule has 4 aliphatic rings. The Labute approximate surface area is 223 Å². The second kappa shape index (κ2) is 9.43. The normalized spacial score (nSPS) is 42.4. The van der Waals surface area contributed by atoms with Crippen LogP contribution in [0.25, 0.3) is 0 Å². The van der Waals surface area contributed by atoms with E-state index in [0.717, 1.165) is 16.7 Å². The minimum Gasteiger partial charge on any atom is -0.458 e. The van der Waals surface area contributed by atoms with Crippen molar-refractivity contribution < 1.29 is 34.1 Å². The number of fused-ring (bicyclic) bond motifs is 1. The minimum absolute atomic E-state index is 0.325. The average molecular weight is 524 g/mol. The summed E-state index contributed by atoms with van der Waals surface area (Å²) in [6.45, 7) is 8.23. The highest BCUT2D eigenvalue weighted by Gasteiger charge is 2.73. The Morgan fingerprint density at radius 1 is 1.18 bits per heavy atom. The van der Waals surface area contributed by atoms with E-state index in [1.54, 1.807) is 19.1 Å². The average Bonchev–Trinajstić information content (AvgIpc) is 3.62. The monoisotopic (exact) mass is 523 g/mol. The van der Waals surface area contributed by atoms with Crippen LogP contribution in [0.5, 0.6) is 0 Å². The van der Waals surface area contributed by atoms with Crippen LogP contribution >= 0.6 is 0 Å². The molecule has 2 heterocycles. The summed E-state index contributed by atoms with van der Waals surface area (Å²) < 4.78 is 11.9. The zero-order chi connectivity index (χ0) is 27.6. The van der Waals surface area contributed by atoms with Crippen molar-refractivity contribution in [1.82, 2.24) is 5.32 Å². The van der Waals surface area contributed by atoms with Gasteiger partial charge in [0.25, 0.3) is 0 Å². The Morgan fingerprint density at radius 2 is 1.87 bits per heavy atom. The molecule has 1 spiro atoms. The molecule has 8 heteroatoms. The molecule has 1 aromatic rings. The summed E-state index contributed by atoms with van der Waals surface area (Å²) in [7, 11) is 0. The molecule has 2 saturated heterocycles. The number of benzene rings is 1. The number of ether oxygens (including phenoxy) is 2. The molecule has 38 heavy (non-hydrogen) atoms. The third-order valence-electron chi connectivity index (χ3n) is 9.27. The van der Waals surface area contributed by atoms with Crippen LogP contribution in [0.1, 0.15) is 46.6 Å². The molecular weight excluding hydrogens is 486 g/mol. The molecule has 0 radical (unpaired) electrons. The number of esters is 1. The van der Waals surface area contributed by atoms with E-state index in [4.69, 9.17) is 9.47 Å². The van der Waals surface area contributed by atoms with Gasteiger partial charge in [0.05, 0.1) is 6.10 Å². The maximum absolute atomic E-state index is 14.3. The number of hydrogen-bond donors (Lipinski definition) is 3. The van der Waals surface area contributed by atoms with Crippen LogP contribution in [0.15, 0.2) is 53.6 Å². The number of Topliss-reactive ketones (excluding diaryl/α,β-unsaturated/α-hetero) is 1. The van der Waals surface area contributed by atoms with Crippen molar-refractivity contribution in [2.24, 2.45) is 23.2 Å². The molecular formula is C30H37NO7. The molecule has 2 unspecified atom stereocenters. The number of rotatable bonds is 3. The van der Waals surface area contributed by atoms with Crippen molar-refractivity contribution in [2.75, 3.05) is 0 Å². The lowest BCUT2D eigenvalue weighted by molar-refractivity contribution is -0.169. The summed E-state index contributed by atoms with van der Waals surface area (Å²) in [6, 6.07) is 9.51. The maximum atomic E-state index is 14.3. The van der Waals surface area contributed by atoms with Crippen molar-refractivity contribution in [3.63, 3.8) is 0 Å². The van der Waals surface area contributed by atoms with Gasteiger partial charge in [0, 0.05) is 30.7 Å². The van der Waals surface area contributed by atoms with E-state index >= 15 is 0 Å². The number of nitrogens with one attached hydrogen (secondary N) is 1. The van der Waals surface area contributed by atoms with E-state index in [1.807, 2.05) is 44.2 Å². The van der Waals surface area contributed by atoms with Crippen LogP contribution in [-0.2, 0) is 30.3 Å². The van der Waals surface area contributed by atoms with Gasteiger partial charge < -0.3 is 25.0 Å². The molecule has 2 fully saturated rings. The van der Waals surface area contributed by atoms with Crippen LogP contribution in [0.2, 0.25) is 0 Å². The van der Waals surface area contributed by atoms with Gasteiger partial charge in [0.1, 0.15) is 29.3 Å². The molecule has 0 aromatic heterocycles. The number of epoxide rings is 1. The Kier molecular flexibility index (Phi) is 6.65. The van der Waals surface area contributed by atoms with Gasteiger partial charge in [-0.05, 0) is 44.7 Å². The molecule has 0 bridgehead atoms. The predicted molar refractivity (Wildman–Crippen MR) is 139 cm³/mol. The van der Waals surface area contributed by atoms with Crippen molar-refractivity contribution >= 4 is 17.7 Å². The summed E-state index contributed by atoms with van der Waals surface area (Å²) in [5.41, 5.74) is -0.550. The SMILES string of the molecule is CC(=O)O[C@@H]1C2OC2[C@@](C)(O)C(=O)[C@@H](C)CC=C[C@H]2[C@H](O)C(C)=C(C)[C@H]3[C@H](Cc4ccccc4)NC(=O)[C@@]123. The fourth-order valence-electron chi connectivity index (χ4n) is 7.27. The first-order valence-corrected chi connectivity index (χ1v) is 13.4. The molecule has 0 saturated carbocycles. The summed E-state index contributed by atoms with van der Waals surface area (Å²) in [5.74, 6) is -2.99. The first kappa shape index (κ1) is 26.8. The maximum Gasteiger partial charge on any atom is 0.303 e. The van der Waals surface area contributed by atoms with E-state index in [2.05, 4.69) is 5.32 Å². The number of carbonyl (C=O) groups excluding carboxylic acids is 3. The van der Waals surface area contributed by atoms with E-state index in [0.29, 0.717) is 12.8 Å². The number of amides is 1. The molecule has 204 valence electrons. The Hall–Kier alpha value is -2.81. The van der Waals surface area contributed by atoms with Crippen molar-refractivity contribution in [3.8, 4) is 0 Å². The van der Waals surface area contributed by atoms with Crippen molar-refractivity contribution in [2.45, 2.75) is 83.5 Å². The Morgan fingerprint density at radius 3 is 2.53 bits per heavy atom. The number of aliphatic hydroxyl groups excluding tert-OH is 1. The van der Waals surface area contributed by atoms with Crippen LogP contribution in [-0.4, -0.2) is 63.9 Å². The van der Waals surface area contributed by atoms with Crippen molar-refractivity contribution in [3.05, 3.63) is 59.2 Å². The van der Waals surface area contributed by atoms with E-state index in [1.165, 1.54) is 13.8 Å². The summed E-state index contributed by atoms with van der Waals surface area (Å²) in [5, 5.41) is 26.1. The fourth-order valence-corrected chi connectivity index (χ4v) is 7.27. The number of ketones is 1.